The van der Waals surface area contributed by atoms with Gasteiger partial charge in [0.25, 0.3) is 5.91 Å². The minimum atomic E-state index is -0.457. The summed E-state index contributed by atoms with van der Waals surface area (Å²) in [5.74, 6) is -0.248. The number of carbonyl (C=O) groups is 1. The molecule has 4 nitrogen and oxygen atoms in total. The maximum absolute atomic E-state index is 13.6. The Morgan fingerprint density at radius 3 is 2.79 bits per heavy atom. The van der Waals surface area contributed by atoms with Crippen molar-refractivity contribution >= 4 is 17.4 Å². The van der Waals surface area contributed by atoms with E-state index >= 15 is 0 Å². The molecule has 19 heavy (non-hydrogen) atoms. The van der Waals surface area contributed by atoms with Gasteiger partial charge in [-0.2, -0.15) is 0 Å². The van der Waals surface area contributed by atoms with E-state index < -0.39 is 5.82 Å². The van der Waals surface area contributed by atoms with Gasteiger partial charge in [0, 0.05) is 18.8 Å². The number of amides is 1. The molecule has 98 valence electrons. The molecular weight excluding hydrogens is 245 g/mol. The fourth-order valence-electron chi connectivity index (χ4n) is 1.64. The van der Waals surface area contributed by atoms with Gasteiger partial charge in [0.15, 0.2) is 0 Å². The number of hydrogen-bond acceptors (Lipinski definition) is 3. The van der Waals surface area contributed by atoms with Crippen LogP contribution in [-0.4, -0.2) is 17.9 Å². The lowest BCUT2D eigenvalue weighted by molar-refractivity contribution is 0.102. The molecule has 0 atom stereocenters. The van der Waals surface area contributed by atoms with Crippen LogP contribution in [0.3, 0.4) is 0 Å². The van der Waals surface area contributed by atoms with Crippen LogP contribution < -0.4 is 10.6 Å². The lowest BCUT2D eigenvalue weighted by atomic mass is 10.2. The van der Waals surface area contributed by atoms with Gasteiger partial charge in [0.05, 0.1) is 5.69 Å². The summed E-state index contributed by atoms with van der Waals surface area (Å²) < 4.78 is 13.6. The van der Waals surface area contributed by atoms with Crippen molar-refractivity contribution < 1.29 is 9.18 Å². The second-order valence-corrected chi connectivity index (χ2v) is 4.12. The summed E-state index contributed by atoms with van der Waals surface area (Å²) in [6, 6.07) is 7.74. The van der Waals surface area contributed by atoms with Crippen molar-refractivity contribution in [3.63, 3.8) is 0 Å². The van der Waals surface area contributed by atoms with Gasteiger partial charge in [-0.25, -0.2) is 9.37 Å². The second-order valence-electron chi connectivity index (χ2n) is 4.12. The Hall–Kier alpha value is -2.43. The van der Waals surface area contributed by atoms with E-state index in [4.69, 9.17) is 0 Å². The topological polar surface area (TPSA) is 54.0 Å². The number of aromatic nitrogens is 1. The van der Waals surface area contributed by atoms with Gasteiger partial charge in [-0.1, -0.05) is 6.07 Å². The van der Waals surface area contributed by atoms with Gasteiger partial charge >= 0.3 is 0 Å². The van der Waals surface area contributed by atoms with E-state index in [-0.39, 0.29) is 11.6 Å². The average Bonchev–Trinajstić information content (AvgIpc) is 2.43. The minimum absolute atomic E-state index is 0.174. The summed E-state index contributed by atoms with van der Waals surface area (Å²) in [7, 11) is 1.71. The van der Waals surface area contributed by atoms with Crippen LogP contribution in [-0.2, 0) is 0 Å². The van der Waals surface area contributed by atoms with Crippen LogP contribution in [0.5, 0.6) is 0 Å². The third-order valence-corrected chi connectivity index (χ3v) is 2.65. The van der Waals surface area contributed by atoms with Crippen LogP contribution in [0.1, 0.15) is 15.9 Å². The number of hydrogen-bond donors (Lipinski definition) is 2. The normalized spacial score (nSPS) is 10.1. The van der Waals surface area contributed by atoms with E-state index in [9.17, 15) is 9.18 Å². The molecule has 0 bridgehead atoms. The van der Waals surface area contributed by atoms with Crippen molar-refractivity contribution in [2.24, 2.45) is 0 Å². The number of aryl methyl sites for hydroxylation is 1. The summed E-state index contributed by atoms with van der Waals surface area (Å²) in [5.41, 5.74) is 1.47. The highest BCUT2D eigenvalue weighted by atomic mass is 19.1. The van der Waals surface area contributed by atoms with Crippen LogP contribution >= 0.6 is 0 Å². The number of rotatable bonds is 3. The molecule has 0 fully saturated rings. The molecule has 0 saturated carbocycles. The lowest BCUT2D eigenvalue weighted by Crippen LogP contribution is -2.13. The zero-order valence-electron chi connectivity index (χ0n) is 10.7. The van der Waals surface area contributed by atoms with E-state index in [0.29, 0.717) is 11.4 Å². The van der Waals surface area contributed by atoms with Gasteiger partial charge in [-0.3, -0.25) is 4.79 Å². The molecule has 1 heterocycles. The first-order chi connectivity index (χ1) is 9.10. The Balaban J connectivity index is 2.22. The summed E-state index contributed by atoms with van der Waals surface area (Å²) in [6.45, 7) is 1.83. The highest BCUT2D eigenvalue weighted by Crippen LogP contribution is 2.17. The molecular formula is C14H14FN3O. The first-order valence-corrected chi connectivity index (χ1v) is 5.81. The van der Waals surface area contributed by atoms with Gasteiger partial charge in [0.1, 0.15) is 11.6 Å². The molecule has 1 amide bonds. The first kappa shape index (κ1) is 13.0. The second kappa shape index (κ2) is 5.48. The number of nitrogens with one attached hydrogen (secondary N) is 2. The molecule has 1 aromatic heterocycles. The van der Waals surface area contributed by atoms with Crippen LogP contribution in [0.15, 0.2) is 36.5 Å². The Labute approximate surface area is 110 Å². The van der Waals surface area contributed by atoms with Gasteiger partial charge in [-0.05, 0) is 36.8 Å². The minimum Gasteiger partial charge on any atom is -0.373 e. The third-order valence-electron chi connectivity index (χ3n) is 2.65. The Morgan fingerprint density at radius 2 is 2.05 bits per heavy atom. The van der Waals surface area contributed by atoms with Crippen LogP contribution in [0, 0.1) is 12.7 Å². The summed E-state index contributed by atoms with van der Waals surface area (Å²) >= 11 is 0. The molecule has 5 heteroatoms. The van der Waals surface area contributed by atoms with E-state index in [1.807, 2.05) is 6.92 Å². The first-order valence-electron chi connectivity index (χ1n) is 5.81. The summed E-state index contributed by atoms with van der Waals surface area (Å²) in [4.78, 5) is 16.0. The van der Waals surface area contributed by atoms with E-state index in [1.54, 1.807) is 31.3 Å². The molecule has 1 aromatic carbocycles. The molecule has 0 spiro atoms. The maximum Gasteiger partial charge on any atom is 0.255 e. The van der Waals surface area contributed by atoms with E-state index in [0.717, 1.165) is 5.56 Å². The number of halogens is 1. The molecule has 0 radical (unpaired) electrons. The predicted molar refractivity (Wildman–Crippen MR) is 72.9 cm³/mol. The summed E-state index contributed by atoms with van der Waals surface area (Å²) in [5, 5.41) is 5.39. The molecule has 0 saturated heterocycles. The molecule has 2 aromatic rings. The number of benzene rings is 1. The van der Waals surface area contributed by atoms with Crippen molar-refractivity contribution in [2.75, 3.05) is 17.7 Å². The smallest absolute Gasteiger partial charge is 0.255 e. The van der Waals surface area contributed by atoms with E-state index in [1.165, 1.54) is 12.3 Å². The van der Waals surface area contributed by atoms with Crippen LogP contribution in [0.4, 0.5) is 15.9 Å². The van der Waals surface area contributed by atoms with E-state index in [2.05, 4.69) is 15.6 Å². The monoisotopic (exact) mass is 259 g/mol. The highest BCUT2D eigenvalue weighted by molar-refractivity contribution is 6.04. The van der Waals surface area contributed by atoms with Crippen molar-refractivity contribution in [2.45, 2.75) is 6.92 Å². The lowest BCUT2D eigenvalue weighted by Gasteiger charge is -2.08. The quantitative estimate of drug-likeness (QED) is 0.891. The zero-order valence-corrected chi connectivity index (χ0v) is 10.7. The molecule has 0 aliphatic carbocycles. The number of nitrogens with zero attached hydrogens (tertiary/aromatic N) is 1. The SMILES string of the molecule is CNc1cc(C(=O)Nc2cc(C)ccc2F)ccn1. The zero-order chi connectivity index (χ0) is 13.8. The van der Waals surface area contributed by atoms with Crippen LogP contribution in [0.2, 0.25) is 0 Å². The molecule has 0 aliphatic rings. The van der Waals surface area contributed by atoms with Crippen molar-refractivity contribution in [3.8, 4) is 0 Å². The number of pyridine rings is 1. The third kappa shape index (κ3) is 3.07. The molecule has 0 aliphatic heterocycles. The Bertz CT molecular complexity index is 613. The number of carbonyl (C=O) groups excluding carboxylic acids is 1. The standard InChI is InChI=1S/C14H14FN3O/c1-9-3-4-11(15)12(7-9)18-14(19)10-5-6-17-13(8-10)16-2/h3-8H,1-2H3,(H,16,17)(H,18,19). The Kier molecular flexibility index (Phi) is 3.75. The summed E-state index contributed by atoms with van der Waals surface area (Å²) in [6.07, 6.45) is 1.52. The number of anilines is 2. The molecule has 0 unspecified atom stereocenters. The van der Waals surface area contributed by atoms with Crippen molar-refractivity contribution in [1.29, 1.82) is 0 Å². The fourth-order valence-corrected chi connectivity index (χ4v) is 1.64. The average molecular weight is 259 g/mol. The van der Waals surface area contributed by atoms with Gasteiger partial charge < -0.3 is 10.6 Å². The largest absolute Gasteiger partial charge is 0.373 e. The van der Waals surface area contributed by atoms with Crippen molar-refractivity contribution in [1.82, 2.24) is 4.98 Å². The maximum atomic E-state index is 13.6. The van der Waals surface area contributed by atoms with Crippen molar-refractivity contribution in [3.05, 3.63) is 53.5 Å². The predicted octanol–water partition coefficient (Wildman–Crippen LogP) is 2.82. The Morgan fingerprint density at radius 1 is 1.26 bits per heavy atom. The molecule has 2 N–H and O–H groups in total. The van der Waals surface area contributed by atoms with Crippen LogP contribution in [0.25, 0.3) is 0 Å². The van der Waals surface area contributed by atoms with Gasteiger partial charge in [-0.15, -0.1) is 0 Å². The highest BCUT2D eigenvalue weighted by Gasteiger charge is 2.10. The fraction of sp³-hybridized carbons (Fsp3) is 0.143. The van der Waals surface area contributed by atoms with Gasteiger partial charge in [0.2, 0.25) is 0 Å². The molecule has 2 rings (SSSR count).